The summed E-state index contributed by atoms with van der Waals surface area (Å²) in [5, 5.41) is 14.6. The number of piperidine rings is 1. The van der Waals surface area contributed by atoms with Gasteiger partial charge in [-0.3, -0.25) is 9.69 Å². The van der Waals surface area contributed by atoms with Crippen LogP contribution in [0.4, 0.5) is 17.2 Å². The van der Waals surface area contributed by atoms with Crippen molar-refractivity contribution in [3.63, 3.8) is 0 Å². The molecule has 13 nitrogen and oxygen atoms in total. The quantitative estimate of drug-likeness (QED) is 0.0712. The molecule has 1 atom stereocenters. The third-order valence-electron chi connectivity index (χ3n) is 14.9. The van der Waals surface area contributed by atoms with Crippen molar-refractivity contribution < 1.29 is 23.1 Å². The second-order valence-electron chi connectivity index (χ2n) is 19.9. The summed E-state index contributed by atoms with van der Waals surface area (Å²) in [5.74, 6) is 1.58. The molecule has 4 fully saturated rings. The monoisotopic (exact) mass is 888 g/mol. The number of nitrogens with two attached hydrogens (primary N) is 1. The van der Waals surface area contributed by atoms with Gasteiger partial charge in [-0.25, -0.2) is 23.1 Å². The predicted molar refractivity (Wildman–Crippen MR) is 252 cm³/mol. The van der Waals surface area contributed by atoms with Gasteiger partial charge >= 0.3 is 0 Å². The van der Waals surface area contributed by atoms with Gasteiger partial charge in [0.2, 0.25) is 0 Å². The second kappa shape index (κ2) is 17.7. The second-order valence-corrected chi connectivity index (χ2v) is 21.6. The fraction of sp³-hybridized carbons (Fsp3) is 0.500. The molecule has 340 valence electrons. The van der Waals surface area contributed by atoms with Crippen molar-refractivity contribution in [2.75, 3.05) is 42.1 Å². The molecule has 0 bridgehead atoms. The number of rotatable bonds is 13. The van der Waals surface area contributed by atoms with Crippen LogP contribution in [0.3, 0.4) is 0 Å². The van der Waals surface area contributed by atoms with E-state index in [9.17, 15) is 18.3 Å². The summed E-state index contributed by atoms with van der Waals surface area (Å²) in [7, 11) is -4.33. The lowest BCUT2D eigenvalue weighted by Crippen LogP contribution is -2.55. The van der Waals surface area contributed by atoms with Gasteiger partial charge in [0.1, 0.15) is 28.5 Å². The largest absolute Gasteiger partial charge is 0.455 e. The molecule has 1 amide bonds. The molecule has 2 saturated carbocycles. The number of carbonyl (C=O) groups excluding carboxylic acids is 1. The van der Waals surface area contributed by atoms with E-state index in [-0.39, 0.29) is 27.8 Å². The maximum Gasteiger partial charge on any atom is 0.270 e. The van der Waals surface area contributed by atoms with Crippen molar-refractivity contribution >= 4 is 44.2 Å². The van der Waals surface area contributed by atoms with Gasteiger partial charge in [0.15, 0.2) is 0 Å². The van der Waals surface area contributed by atoms with E-state index in [1.165, 1.54) is 55.1 Å². The first-order chi connectivity index (χ1) is 30.6. The molecular formula is C50H64N8O5S. The summed E-state index contributed by atoms with van der Waals surface area (Å²) in [6.07, 6.45) is 15.7. The number of carbonyl (C=O) groups is 1. The number of H-pyrrole nitrogens is 1. The fourth-order valence-corrected chi connectivity index (χ4v) is 12.1. The number of benzene rings is 2. The Morgan fingerprint density at radius 2 is 1.75 bits per heavy atom. The molecule has 9 rings (SSSR count). The summed E-state index contributed by atoms with van der Waals surface area (Å²) < 4.78 is 36.0. The smallest absolute Gasteiger partial charge is 0.270 e. The first-order valence-corrected chi connectivity index (χ1v) is 24.8. The van der Waals surface area contributed by atoms with E-state index in [1.54, 1.807) is 24.5 Å². The molecule has 5 aromatic rings. The lowest BCUT2D eigenvalue weighted by molar-refractivity contribution is -0.0228. The molecule has 1 spiro atoms. The average molecular weight is 889 g/mol. The van der Waals surface area contributed by atoms with Gasteiger partial charge in [0.05, 0.1) is 28.1 Å². The molecule has 0 radical (unpaired) electrons. The minimum atomic E-state index is -4.33. The van der Waals surface area contributed by atoms with Gasteiger partial charge in [0.25, 0.3) is 15.9 Å². The number of hydrogen-bond acceptors (Lipinski definition) is 11. The number of aromatic amines is 1. The number of aliphatic hydroxyl groups is 1. The predicted octanol–water partition coefficient (Wildman–Crippen LogP) is 9.15. The van der Waals surface area contributed by atoms with E-state index in [0.29, 0.717) is 58.8 Å². The Morgan fingerprint density at radius 1 is 0.984 bits per heavy atom. The Balaban J connectivity index is 0.867. The van der Waals surface area contributed by atoms with Crippen LogP contribution in [-0.4, -0.2) is 77.1 Å². The highest BCUT2D eigenvalue weighted by Crippen LogP contribution is 2.54. The third-order valence-corrected chi connectivity index (χ3v) is 16.2. The number of pyridine rings is 2. The highest BCUT2D eigenvalue weighted by molar-refractivity contribution is 7.90. The summed E-state index contributed by atoms with van der Waals surface area (Å²) in [5.41, 5.74) is 10.5. The van der Waals surface area contributed by atoms with Crippen molar-refractivity contribution in [2.45, 2.75) is 120 Å². The van der Waals surface area contributed by atoms with Crippen molar-refractivity contribution in [3.8, 4) is 11.5 Å². The minimum absolute atomic E-state index is 0.0263. The molecule has 1 unspecified atom stereocenters. The van der Waals surface area contributed by atoms with E-state index in [2.05, 4.69) is 67.9 Å². The number of ether oxygens (including phenoxy) is 1. The van der Waals surface area contributed by atoms with Crippen molar-refractivity contribution in [2.24, 2.45) is 17.3 Å². The summed E-state index contributed by atoms with van der Waals surface area (Å²) in [6, 6.07) is 20.0. The molecule has 2 aliphatic carbocycles. The van der Waals surface area contributed by atoms with Gasteiger partial charge < -0.3 is 30.8 Å². The molecule has 5 heterocycles. The van der Waals surface area contributed by atoms with Crippen LogP contribution in [0.15, 0.2) is 84.1 Å². The molecule has 6 N–H and O–H groups in total. The summed E-state index contributed by atoms with van der Waals surface area (Å²) >= 11 is 0. The van der Waals surface area contributed by atoms with Crippen LogP contribution in [0, 0.1) is 17.3 Å². The lowest BCUT2D eigenvalue weighted by Gasteiger charge is -2.56. The van der Waals surface area contributed by atoms with Crippen molar-refractivity contribution in [3.05, 3.63) is 95.9 Å². The van der Waals surface area contributed by atoms with Crippen LogP contribution in [0.1, 0.15) is 125 Å². The molecule has 2 aromatic carbocycles. The molecule has 4 aliphatic rings. The number of likely N-dealkylation sites (tertiary alicyclic amines) is 1. The van der Waals surface area contributed by atoms with Crippen molar-refractivity contribution in [1.82, 2.24) is 24.6 Å². The number of nitrogens with one attached hydrogen (secondary N) is 3. The van der Waals surface area contributed by atoms with Gasteiger partial charge in [-0.05, 0) is 149 Å². The Labute approximate surface area is 377 Å². The van der Waals surface area contributed by atoms with E-state index in [4.69, 9.17) is 15.5 Å². The third kappa shape index (κ3) is 9.19. The number of sulfonamides is 1. The summed E-state index contributed by atoms with van der Waals surface area (Å²) in [6.45, 7) is 11.8. The van der Waals surface area contributed by atoms with E-state index >= 15 is 0 Å². The molecular weight excluding hydrogens is 825 g/mol. The van der Waals surface area contributed by atoms with Crippen LogP contribution in [0.5, 0.6) is 11.5 Å². The number of nitrogens with zero attached hydrogens (tertiary/aromatic N) is 4. The first kappa shape index (κ1) is 44.0. The van der Waals surface area contributed by atoms with Crippen LogP contribution < -0.4 is 25.4 Å². The van der Waals surface area contributed by atoms with Crippen LogP contribution in [-0.2, 0) is 10.0 Å². The number of fused-ring (bicyclic) bond motifs is 1. The molecule has 2 saturated heterocycles. The minimum Gasteiger partial charge on any atom is -0.455 e. The zero-order valence-corrected chi connectivity index (χ0v) is 38.5. The lowest BCUT2D eigenvalue weighted by atomic mass is 9.60. The van der Waals surface area contributed by atoms with E-state index in [1.807, 2.05) is 26.0 Å². The van der Waals surface area contributed by atoms with Crippen molar-refractivity contribution in [1.29, 1.82) is 0 Å². The highest BCUT2D eigenvalue weighted by Gasteiger charge is 2.50. The normalized spacial score (nSPS) is 21.9. The Morgan fingerprint density at radius 3 is 2.48 bits per heavy atom. The van der Waals surface area contributed by atoms with Crippen LogP contribution in [0.25, 0.3) is 11.0 Å². The van der Waals surface area contributed by atoms with Gasteiger partial charge in [-0.15, -0.1) is 0 Å². The standard InChI is InChI=1S/C50H64N8O5S/c1-32(2)39-8-5-6-9-40(39)44-10-7-21-58(44)36-27-50(28-36)18-22-57(23-19-50)46-26-45(63-37-24-34-17-20-52-47(34)55-30-37)41(31-54-46)48(59)56-64(61,62)38-15-16-43(42(51)25-38)53-29-33-11-13-35(14-12-33)49(3,4)60/h5-6,8-9,15-17,20,24-26,30-33,35-36,44,53,60H,7,10-14,18-19,21-23,27-29,51H2,1-4H3,(H,52,55)(H,56,59). The van der Waals surface area contributed by atoms with E-state index in [0.717, 1.165) is 63.5 Å². The number of anilines is 3. The van der Waals surface area contributed by atoms with Crippen LogP contribution in [0.2, 0.25) is 0 Å². The highest BCUT2D eigenvalue weighted by atomic mass is 32.2. The van der Waals surface area contributed by atoms with Gasteiger partial charge in [0, 0.05) is 55.6 Å². The number of aromatic nitrogens is 3. The molecule has 2 aliphatic heterocycles. The number of nitrogen functional groups attached to an aromatic ring is 1. The molecule has 3 aromatic heterocycles. The zero-order chi connectivity index (χ0) is 44.8. The first-order valence-electron chi connectivity index (χ1n) is 23.3. The van der Waals surface area contributed by atoms with Crippen LogP contribution >= 0.6 is 0 Å². The Hall–Kier alpha value is -5.18. The summed E-state index contributed by atoms with van der Waals surface area (Å²) in [4.78, 5) is 31.1. The maximum absolute atomic E-state index is 13.9. The average Bonchev–Trinajstić information content (AvgIpc) is 3.95. The SMILES string of the molecule is CC(C)c1ccccc1C1CCCN1C1CC2(CCN(c3cc(Oc4cnc5[nH]ccc5c4)c(C(=O)NS(=O)(=O)c4ccc(NCC5CCC(C(C)(C)O)CC5)c(N)c4)cn3)CC2)C1. The Bertz CT molecular complexity index is 2580. The topological polar surface area (TPSA) is 179 Å². The van der Waals surface area contributed by atoms with Gasteiger partial charge in [-0.1, -0.05) is 38.1 Å². The maximum atomic E-state index is 13.9. The van der Waals surface area contributed by atoms with E-state index < -0.39 is 21.5 Å². The molecule has 64 heavy (non-hydrogen) atoms. The number of amides is 1. The Kier molecular flexibility index (Phi) is 12.2. The fourth-order valence-electron chi connectivity index (χ4n) is 11.1. The molecule has 14 heteroatoms. The zero-order valence-electron chi connectivity index (χ0n) is 37.6. The van der Waals surface area contributed by atoms with Gasteiger partial charge in [-0.2, -0.15) is 0 Å². The number of hydrogen-bond donors (Lipinski definition) is 5.